The molecule has 2 aliphatic carbocycles. The van der Waals surface area contributed by atoms with E-state index in [1.54, 1.807) is 0 Å². The second kappa shape index (κ2) is 24.2. The van der Waals surface area contributed by atoms with E-state index < -0.39 is 0 Å². The van der Waals surface area contributed by atoms with Crippen molar-refractivity contribution >= 4 is 101 Å². The van der Waals surface area contributed by atoms with Crippen molar-refractivity contribution < 1.29 is 0 Å². The van der Waals surface area contributed by atoms with Crippen LogP contribution in [0.2, 0.25) is 0 Å². The summed E-state index contributed by atoms with van der Waals surface area (Å²) in [4.78, 5) is 5.31. The first kappa shape index (κ1) is 72.4. The highest BCUT2D eigenvalue weighted by molar-refractivity contribution is 7.00. The van der Waals surface area contributed by atoms with Crippen molar-refractivity contribution in [1.29, 1.82) is 0 Å². The van der Waals surface area contributed by atoms with E-state index in [-0.39, 0.29) is 55.4 Å². The summed E-state index contributed by atoms with van der Waals surface area (Å²) in [5.41, 5.74) is 37.7. The van der Waals surface area contributed by atoms with Gasteiger partial charge in [-0.1, -0.05) is 287 Å². The SMILES string of the molecule is CC(C)(C)c1ccc(-c2ccc3c(c2)N(c2ccc(-c4ccc5c(c4)C(C)(C)CC5(C)C)cc2)c2cc(-n4c5ccc(C(C)(C)C)cc5c5cc(C(C)(C)C)ccc54)cc4c2B3c2ccc(-n3c5ccc(C(C)(C)C)cc5c5cc(C(C)(C)C)ccc53)cc2N4c2ccc(-c3ccc4c(c3)C(C)(C)CC4(C)C)cc2)cc1. The maximum atomic E-state index is 2.66. The number of anilines is 6. The third-order valence-electron chi connectivity index (χ3n) is 26.3. The molecule has 12 aromatic carbocycles. The molecule has 4 heterocycles. The average molecular weight is 1450 g/mol. The monoisotopic (exact) mass is 1450 g/mol. The Morgan fingerprint density at radius 1 is 0.243 bits per heavy atom. The van der Waals surface area contributed by atoms with E-state index in [4.69, 9.17) is 0 Å². The number of hydrogen-bond donors (Lipinski definition) is 0. The molecule has 0 saturated heterocycles. The van der Waals surface area contributed by atoms with Crippen molar-refractivity contribution in [2.45, 2.75) is 221 Å². The fourth-order valence-corrected chi connectivity index (χ4v) is 20.5. The van der Waals surface area contributed by atoms with Crippen molar-refractivity contribution in [2.75, 3.05) is 9.80 Å². The molecule has 111 heavy (non-hydrogen) atoms. The number of benzene rings is 12. The third-order valence-corrected chi connectivity index (χ3v) is 26.3. The van der Waals surface area contributed by atoms with E-state index in [0.29, 0.717) is 0 Å². The molecule has 5 heteroatoms. The maximum Gasteiger partial charge on any atom is 0.252 e. The Bertz CT molecular complexity index is 6060. The fraction of sp³-hybridized carbons (Fsp3) is 0.321. The van der Waals surface area contributed by atoms with Crippen LogP contribution in [0.25, 0.3) is 88.4 Å². The van der Waals surface area contributed by atoms with Gasteiger partial charge in [0, 0.05) is 61.4 Å². The van der Waals surface area contributed by atoms with Gasteiger partial charge in [-0.25, -0.2) is 0 Å². The number of fused-ring (bicyclic) bond motifs is 12. The van der Waals surface area contributed by atoms with Gasteiger partial charge in [-0.3, -0.25) is 0 Å². The van der Waals surface area contributed by atoms with Crippen LogP contribution in [0.1, 0.15) is 222 Å². The van der Waals surface area contributed by atoms with Gasteiger partial charge in [-0.2, -0.15) is 0 Å². The summed E-state index contributed by atoms with van der Waals surface area (Å²) in [6, 6.07) is 92.4. The van der Waals surface area contributed by atoms with Crippen LogP contribution in [0.4, 0.5) is 34.1 Å². The summed E-state index contributed by atoms with van der Waals surface area (Å²) in [5, 5.41) is 5.09. The summed E-state index contributed by atoms with van der Waals surface area (Å²) < 4.78 is 5.17. The zero-order valence-electron chi connectivity index (χ0n) is 70.2. The topological polar surface area (TPSA) is 16.3 Å². The summed E-state index contributed by atoms with van der Waals surface area (Å²) in [7, 11) is 0. The summed E-state index contributed by atoms with van der Waals surface area (Å²) in [5.74, 6) is 0. The molecule has 0 unspecified atom stereocenters. The van der Waals surface area contributed by atoms with Gasteiger partial charge in [0.15, 0.2) is 0 Å². The minimum absolute atomic E-state index is 0.0114. The van der Waals surface area contributed by atoms with E-state index in [1.807, 2.05) is 0 Å². The van der Waals surface area contributed by atoms with Gasteiger partial charge in [-0.05, 0) is 265 Å². The van der Waals surface area contributed by atoms with Crippen LogP contribution in [-0.4, -0.2) is 15.8 Å². The molecule has 0 spiro atoms. The van der Waals surface area contributed by atoms with Gasteiger partial charge in [0.05, 0.1) is 27.8 Å². The highest BCUT2D eigenvalue weighted by Gasteiger charge is 2.47. The lowest BCUT2D eigenvalue weighted by Crippen LogP contribution is -2.61. The van der Waals surface area contributed by atoms with Gasteiger partial charge in [0.1, 0.15) is 0 Å². The van der Waals surface area contributed by atoms with Crippen molar-refractivity contribution in [3.63, 3.8) is 0 Å². The predicted molar refractivity (Wildman–Crippen MR) is 480 cm³/mol. The Balaban J connectivity index is 0.942. The molecule has 18 rings (SSSR count). The van der Waals surface area contributed by atoms with E-state index in [0.717, 1.165) is 52.7 Å². The lowest BCUT2D eigenvalue weighted by Gasteiger charge is -2.44. The Hall–Kier alpha value is -10.1. The van der Waals surface area contributed by atoms with E-state index in [9.17, 15) is 0 Å². The van der Waals surface area contributed by atoms with Crippen LogP contribution in [0.15, 0.2) is 231 Å². The molecule has 4 nitrogen and oxygen atoms in total. The van der Waals surface area contributed by atoms with Crippen LogP contribution in [-0.2, 0) is 48.7 Å². The second-order valence-corrected chi connectivity index (χ2v) is 41.4. The molecule has 0 radical (unpaired) electrons. The van der Waals surface area contributed by atoms with Crippen molar-refractivity contribution in [2.24, 2.45) is 0 Å². The molecule has 0 amide bonds. The van der Waals surface area contributed by atoms with Crippen LogP contribution in [0, 0.1) is 0 Å². The van der Waals surface area contributed by atoms with Gasteiger partial charge in [0.2, 0.25) is 0 Å². The van der Waals surface area contributed by atoms with Crippen LogP contribution < -0.4 is 26.2 Å². The predicted octanol–water partition coefficient (Wildman–Crippen LogP) is 27.4. The van der Waals surface area contributed by atoms with E-state index >= 15 is 0 Å². The molecule has 0 saturated carbocycles. The standard InChI is InChI=1S/C106H111BN4/c1-98(2,3)70-33-24-64(25-34-70)69-32-46-87-93(54-69)108(75-39-26-65(27-40-75)67-30-44-83-85(52-67)105(20,21)62-103(83,16)17)95-60-78(111-91-50-37-73(101(10,11)12)57-81(91)82-58-74(102(13,14)15)38-51-92(82)111)61-96-97(95)107(87)88-47-43-77(110-89-48-35-71(99(4,5)6)55-79(89)80-56-72(100(7,8)9)36-49-90(80)110)59-94(88)109(96)76-41-28-66(29-42-76)68-31-45-84-86(53-68)106(22,23)63-104(84,18)19/h24-61H,62-63H2,1-23H3. The molecule has 4 aliphatic rings. The third kappa shape index (κ3) is 11.7. The highest BCUT2D eigenvalue weighted by atomic mass is 15.2. The molecule has 558 valence electrons. The van der Waals surface area contributed by atoms with E-state index in [2.05, 4.69) is 409 Å². The first-order chi connectivity index (χ1) is 52.1. The molecular formula is C106H111BN4. The Kier molecular flexibility index (Phi) is 15.8. The number of nitrogens with zero attached hydrogens (tertiary/aromatic N) is 4. The smallest absolute Gasteiger partial charge is 0.252 e. The molecular weight excluding hydrogens is 1340 g/mol. The molecule has 2 aliphatic heterocycles. The molecule has 14 aromatic rings. The van der Waals surface area contributed by atoms with Crippen molar-refractivity contribution in [1.82, 2.24) is 9.13 Å². The molecule has 0 N–H and O–H groups in total. The molecule has 0 bridgehead atoms. The Labute approximate surface area is 661 Å². The minimum Gasteiger partial charge on any atom is -0.311 e. The van der Waals surface area contributed by atoms with Gasteiger partial charge >= 0.3 is 0 Å². The lowest BCUT2D eigenvalue weighted by molar-refractivity contribution is 0.402. The van der Waals surface area contributed by atoms with E-state index in [1.165, 1.54) is 149 Å². The maximum absolute atomic E-state index is 2.66. The van der Waals surface area contributed by atoms with Crippen LogP contribution >= 0.6 is 0 Å². The zero-order valence-corrected chi connectivity index (χ0v) is 70.2. The number of aromatic nitrogens is 2. The quantitative estimate of drug-likeness (QED) is 0.148. The van der Waals surface area contributed by atoms with Gasteiger partial charge in [0.25, 0.3) is 6.71 Å². The first-order valence-electron chi connectivity index (χ1n) is 41.0. The number of hydrogen-bond acceptors (Lipinski definition) is 2. The fourth-order valence-electron chi connectivity index (χ4n) is 20.5. The van der Waals surface area contributed by atoms with Gasteiger partial charge in [-0.15, -0.1) is 0 Å². The highest BCUT2D eigenvalue weighted by Crippen LogP contribution is 2.54. The Morgan fingerprint density at radius 3 is 0.892 bits per heavy atom. The lowest BCUT2D eigenvalue weighted by atomic mass is 9.33. The minimum atomic E-state index is -0.173. The van der Waals surface area contributed by atoms with Crippen molar-refractivity contribution in [3.05, 3.63) is 281 Å². The normalized spacial score (nSPS) is 16.2. The molecule has 2 aromatic heterocycles. The summed E-state index contributed by atoms with van der Waals surface area (Å²) >= 11 is 0. The van der Waals surface area contributed by atoms with Crippen LogP contribution in [0.5, 0.6) is 0 Å². The summed E-state index contributed by atoms with van der Waals surface area (Å²) in [6.45, 7) is 54.3. The van der Waals surface area contributed by atoms with Crippen molar-refractivity contribution in [3.8, 4) is 44.8 Å². The second-order valence-electron chi connectivity index (χ2n) is 41.4. The van der Waals surface area contributed by atoms with Gasteiger partial charge < -0.3 is 18.9 Å². The first-order valence-corrected chi connectivity index (χ1v) is 41.0. The zero-order chi connectivity index (χ0) is 78.3. The number of rotatable bonds is 7. The van der Waals surface area contributed by atoms with Crippen LogP contribution in [0.3, 0.4) is 0 Å². The summed E-state index contributed by atoms with van der Waals surface area (Å²) in [6.07, 6.45) is 2.25. The molecule has 0 fully saturated rings. The Morgan fingerprint density at radius 2 is 0.523 bits per heavy atom. The average Bonchev–Trinajstić information content (AvgIpc) is 1.36. The largest absolute Gasteiger partial charge is 0.311 e. The molecule has 0 atom stereocenters.